The van der Waals surface area contributed by atoms with E-state index in [1.54, 1.807) is 0 Å². The van der Waals surface area contributed by atoms with Gasteiger partial charge in [-0.25, -0.2) is 4.39 Å². The molecule has 2 saturated heterocycles. The van der Waals surface area contributed by atoms with Crippen LogP contribution in [0.2, 0.25) is 0 Å². The van der Waals surface area contributed by atoms with Crippen molar-refractivity contribution >= 4 is 17.7 Å². The fraction of sp³-hybridized carbons (Fsp3) is 0.500. The normalized spacial score (nSPS) is 29.8. The van der Waals surface area contributed by atoms with Gasteiger partial charge in [0.25, 0.3) is 5.91 Å². The summed E-state index contributed by atoms with van der Waals surface area (Å²) in [6, 6.07) is 4.33. The molecule has 5 rings (SSSR count). The van der Waals surface area contributed by atoms with Gasteiger partial charge in [0.2, 0.25) is 11.8 Å². The van der Waals surface area contributed by atoms with Crippen molar-refractivity contribution in [2.24, 2.45) is 5.41 Å². The van der Waals surface area contributed by atoms with Crippen molar-refractivity contribution in [3.63, 3.8) is 0 Å². The van der Waals surface area contributed by atoms with Crippen molar-refractivity contribution in [2.45, 2.75) is 76.6 Å². The third kappa shape index (κ3) is 4.92. The zero-order chi connectivity index (χ0) is 38.3. The number of fused-ring (bicyclic) bond motifs is 1. The van der Waals surface area contributed by atoms with Gasteiger partial charge in [-0.3, -0.25) is 24.6 Å². The molecule has 2 N–H and O–H groups in total. The second kappa shape index (κ2) is 10.5. The Kier molecular flexibility index (Phi) is 4.87. The lowest BCUT2D eigenvalue weighted by atomic mass is 9.61. The Balaban J connectivity index is 1.67. The summed E-state index contributed by atoms with van der Waals surface area (Å²) in [4.78, 5) is 39.7. The summed E-state index contributed by atoms with van der Waals surface area (Å²) in [5.41, 5.74) is -9.21. The minimum Gasteiger partial charge on any atom is -0.384 e. The van der Waals surface area contributed by atoms with Gasteiger partial charge in [0.15, 0.2) is 0 Å². The van der Waals surface area contributed by atoms with E-state index in [0.717, 1.165) is 41.3 Å². The number of aliphatic hydroxyl groups is 1. The smallest absolute Gasteiger partial charge is 0.384 e. The summed E-state index contributed by atoms with van der Waals surface area (Å²) < 4.78 is 141. The predicted molar refractivity (Wildman–Crippen MR) is 141 cm³/mol. The second-order valence-corrected chi connectivity index (χ2v) is 10.5. The number of imide groups is 1. The minimum absolute atomic E-state index is 0.0851. The van der Waals surface area contributed by atoms with Gasteiger partial charge in [-0.2, -0.15) is 13.2 Å². The number of benzene rings is 2. The Morgan fingerprint density at radius 2 is 1.83 bits per heavy atom. The van der Waals surface area contributed by atoms with Crippen LogP contribution in [0.4, 0.5) is 17.6 Å². The van der Waals surface area contributed by atoms with Gasteiger partial charge in [0.05, 0.1) is 12.1 Å². The van der Waals surface area contributed by atoms with Gasteiger partial charge in [-0.15, -0.1) is 0 Å². The maximum absolute atomic E-state index is 16.8. The molecule has 0 spiro atoms. The number of carbonyl (C=O) groups is 3. The lowest BCUT2D eigenvalue weighted by molar-refractivity contribution is -0.150. The van der Waals surface area contributed by atoms with Gasteiger partial charge in [-0.05, 0) is 49.4 Å². The summed E-state index contributed by atoms with van der Waals surface area (Å²) >= 11 is 0. The van der Waals surface area contributed by atoms with Gasteiger partial charge in [0.1, 0.15) is 17.5 Å². The zero-order valence-corrected chi connectivity index (χ0v) is 21.6. The number of hydrogen-bond acceptors (Lipinski definition) is 5. The van der Waals surface area contributed by atoms with Crippen molar-refractivity contribution < 1.29 is 50.8 Å². The van der Waals surface area contributed by atoms with Crippen LogP contribution in [0.25, 0.3) is 0 Å². The van der Waals surface area contributed by atoms with Crippen LogP contribution in [0.15, 0.2) is 36.4 Å². The van der Waals surface area contributed by atoms with Gasteiger partial charge in [0, 0.05) is 61.9 Å². The molecule has 1 unspecified atom stereocenters. The monoisotopic (exact) mass is 585 g/mol. The maximum atomic E-state index is 16.8. The first-order valence-electron chi connectivity index (χ1n) is 17.8. The molecule has 0 aliphatic carbocycles. The molecule has 2 aromatic carbocycles. The maximum Gasteiger partial charge on any atom is 0.416 e. The first-order valence-corrected chi connectivity index (χ1v) is 12.8. The van der Waals surface area contributed by atoms with Crippen molar-refractivity contribution in [3.05, 3.63) is 70.0 Å². The largest absolute Gasteiger partial charge is 0.416 e. The molecule has 220 valence electrons. The van der Waals surface area contributed by atoms with Crippen LogP contribution in [-0.2, 0) is 34.5 Å². The molecule has 3 heterocycles. The summed E-state index contributed by atoms with van der Waals surface area (Å²) in [7, 11) is 0. The molecule has 0 radical (unpaired) electrons. The highest BCUT2D eigenvalue weighted by molar-refractivity contribution is 6.05. The van der Waals surface area contributed by atoms with Crippen LogP contribution in [0, 0.1) is 11.2 Å². The Morgan fingerprint density at radius 3 is 2.46 bits per heavy atom. The molecule has 2 atom stereocenters. The van der Waals surface area contributed by atoms with E-state index >= 15 is 4.39 Å². The number of rotatable bonds is 6. The van der Waals surface area contributed by atoms with Gasteiger partial charge < -0.3 is 10.0 Å². The molecule has 11 heteroatoms. The topological polar surface area (TPSA) is 89.9 Å². The number of hydrogen-bond donors (Lipinski definition) is 2. The summed E-state index contributed by atoms with van der Waals surface area (Å²) in [5.74, 6) is -3.61. The summed E-state index contributed by atoms with van der Waals surface area (Å²) in [5, 5.41) is 14.7. The highest BCUT2D eigenvalue weighted by Crippen LogP contribution is 2.52. The molecule has 3 amide bonds. The molecule has 0 bridgehead atoms. The molecular weight excluding hydrogens is 542 g/mol. The van der Waals surface area contributed by atoms with Crippen LogP contribution in [-0.4, -0.2) is 51.8 Å². The van der Waals surface area contributed by atoms with Crippen LogP contribution in [0.3, 0.4) is 0 Å². The molecule has 2 aromatic rings. The van der Waals surface area contributed by atoms with E-state index in [1.807, 2.05) is 0 Å². The number of alkyl halides is 3. The SMILES string of the molecule is [2H]C([2H])([2H])C([2H])([2H])C1(C([2H])([2H])C([2H])([2H])[2H])CN(Cc2ccc(C(F)(F)F)cc2)CC[C@]1(O)c1ccc2c(c1F)CN(C1CCC(=O)NC1=O)C2=O. The highest BCUT2D eigenvalue weighted by atomic mass is 19.4. The number of halogens is 4. The molecule has 0 aromatic heterocycles. The Morgan fingerprint density at radius 1 is 1.12 bits per heavy atom. The first-order chi connectivity index (χ1) is 23.2. The summed E-state index contributed by atoms with van der Waals surface area (Å²) in [6.07, 6.45) is -13.6. The fourth-order valence-corrected chi connectivity index (χ4v) is 5.88. The minimum atomic E-state index is -4.68. The average molecular weight is 586 g/mol. The van der Waals surface area contributed by atoms with Gasteiger partial charge >= 0.3 is 6.18 Å². The van der Waals surface area contributed by atoms with E-state index in [0.29, 0.717) is 0 Å². The first kappa shape index (κ1) is 19.0. The Hall–Kier alpha value is -3.31. The predicted octanol–water partition coefficient (Wildman–Crippen LogP) is 4.51. The molecule has 0 saturated carbocycles. The van der Waals surface area contributed by atoms with Gasteiger partial charge in [-0.1, -0.05) is 31.9 Å². The highest BCUT2D eigenvalue weighted by Gasteiger charge is 2.54. The van der Waals surface area contributed by atoms with E-state index in [-0.39, 0.29) is 37.1 Å². The molecular formula is C30H33F4N3O4. The van der Waals surface area contributed by atoms with E-state index < -0.39 is 109 Å². The van der Waals surface area contributed by atoms with E-state index in [9.17, 15) is 32.7 Å². The quantitative estimate of drug-likeness (QED) is 0.385. The second-order valence-electron chi connectivity index (χ2n) is 10.5. The lowest BCUT2D eigenvalue weighted by Crippen LogP contribution is -2.57. The number of amides is 3. The molecule has 7 nitrogen and oxygen atoms in total. The third-order valence-corrected chi connectivity index (χ3v) is 8.17. The fourth-order valence-electron chi connectivity index (χ4n) is 5.88. The van der Waals surface area contributed by atoms with Crippen LogP contribution in [0.1, 0.15) is 92.0 Å². The zero-order valence-electron chi connectivity index (χ0n) is 31.6. The standard InChI is InChI=1S/C30H33F4N3O4/c1-3-28(4-2)17-36(15-18-5-7-19(8-6-18)30(32,33)34)14-13-29(28,41)22-10-9-20-21(25(22)31)16-37(27(20)40)23-11-12-24(38)35-26(23)39/h5-10,23,41H,3-4,11-17H2,1-2H3,(H,35,38,39)/t23?,29-/m0/s1/i1D3,2D3,3D2,4D2. The Bertz CT molecular complexity index is 1730. The number of likely N-dealkylation sites (tertiary alicyclic amines) is 1. The molecule has 3 aliphatic rings. The Labute approximate surface area is 249 Å². The van der Waals surface area contributed by atoms with Crippen molar-refractivity contribution in [2.75, 3.05) is 13.1 Å². The molecule has 2 fully saturated rings. The molecule has 41 heavy (non-hydrogen) atoms. The number of nitrogens with one attached hydrogen (secondary N) is 1. The lowest BCUT2D eigenvalue weighted by Gasteiger charge is -2.54. The third-order valence-electron chi connectivity index (χ3n) is 8.17. The van der Waals surface area contributed by atoms with Crippen LogP contribution >= 0.6 is 0 Å². The van der Waals surface area contributed by atoms with Crippen LogP contribution in [0.5, 0.6) is 0 Å². The van der Waals surface area contributed by atoms with E-state index in [4.69, 9.17) is 13.7 Å². The number of nitrogens with zero attached hydrogens (tertiary/aromatic N) is 2. The molecule has 3 aliphatic heterocycles. The van der Waals surface area contributed by atoms with Crippen molar-refractivity contribution in [1.82, 2.24) is 15.1 Å². The van der Waals surface area contributed by atoms with Crippen LogP contribution < -0.4 is 5.32 Å². The van der Waals surface area contributed by atoms with Crippen molar-refractivity contribution in [3.8, 4) is 0 Å². The summed E-state index contributed by atoms with van der Waals surface area (Å²) in [6.45, 7) is -10.2. The van der Waals surface area contributed by atoms with E-state index in [1.165, 1.54) is 4.90 Å². The van der Waals surface area contributed by atoms with E-state index in [2.05, 4.69) is 5.32 Å². The average Bonchev–Trinajstić information content (AvgIpc) is 3.33. The number of carbonyl (C=O) groups excluding carboxylic acids is 3. The van der Waals surface area contributed by atoms with Crippen molar-refractivity contribution in [1.29, 1.82) is 0 Å². The number of piperidine rings is 2.